The van der Waals surface area contributed by atoms with Gasteiger partial charge in [-0.1, -0.05) is 52.0 Å². The Bertz CT molecular complexity index is 428. The lowest BCUT2D eigenvalue weighted by Gasteiger charge is -2.28. The second kappa shape index (κ2) is 6.93. The van der Waals surface area contributed by atoms with E-state index in [4.69, 9.17) is 4.74 Å². The lowest BCUT2D eigenvalue weighted by molar-refractivity contribution is 0.0507. The predicted octanol–water partition coefficient (Wildman–Crippen LogP) is 4.45. The number of benzene rings is 1. The Morgan fingerprint density at radius 2 is 1.81 bits per heavy atom. The maximum atomic E-state index is 5.82. The third-order valence-corrected chi connectivity index (χ3v) is 4.44. The van der Waals surface area contributed by atoms with Crippen molar-refractivity contribution in [1.29, 1.82) is 0 Å². The lowest BCUT2D eigenvalue weighted by atomic mass is 9.85. The molecule has 0 amide bonds. The maximum Gasteiger partial charge on any atom is 0.0794 e. The Kier molecular flexibility index (Phi) is 5.45. The van der Waals surface area contributed by atoms with Crippen LogP contribution in [-0.4, -0.2) is 19.8 Å². The van der Waals surface area contributed by atoms with E-state index in [1.54, 1.807) is 0 Å². The van der Waals surface area contributed by atoms with Crippen LogP contribution in [0.5, 0.6) is 0 Å². The van der Waals surface area contributed by atoms with Gasteiger partial charge in [-0.3, -0.25) is 0 Å². The Morgan fingerprint density at radius 1 is 1.19 bits per heavy atom. The van der Waals surface area contributed by atoms with Crippen molar-refractivity contribution in [3.05, 3.63) is 35.4 Å². The quantitative estimate of drug-likeness (QED) is 0.800. The first-order valence-corrected chi connectivity index (χ1v) is 8.34. The van der Waals surface area contributed by atoms with Gasteiger partial charge in [0.25, 0.3) is 0 Å². The second-order valence-corrected chi connectivity index (χ2v) is 7.34. The molecule has 1 saturated carbocycles. The number of hydrogen-bond acceptors (Lipinski definition) is 2. The van der Waals surface area contributed by atoms with Crippen molar-refractivity contribution >= 4 is 0 Å². The van der Waals surface area contributed by atoms with Crippen molar-refractivity contribution in [2.75, 3.05) is 13.7 Å². The van der Waals surface area contributed by atoms with Gasteiger partial charge in [-0.05, 0) is 48.3 Å². The third-order valence-electron chi connectivity index (χ3n) is 4.44. The highest BCUT2D eigenvalue weighted by Gasteiger charge is 2.37. The van der Waals surface area contributed by atoms with E-state index < -0.39 is 0 Å². The van der Waals surface area contributed by atoms with E-state index in [9.17, 15) is 0 Å². The molecule has 0 bridgehead atoms. The molecule has 0 aliphatic heterocycles. The van der Waals surface area contributed by atoms with Crippen LogP contribution in [0.2, 0.25) is 0 Å². The van der Waals surface area contributed by atoms with Crippen LogP contribution in [0.15, 0.2) is 24.3 Å². The number of rotatable bonds is 7. The fraction of sp³-hybridized carbons (Fsp3) is 0.684. The van der Waals surface area contributed by atoms with Gasteiger partial charge in [-0.2, -0.15) is 0 Å². The molecule has 118 valence electrons. The highest BCUT2D eigenvalue weighted by molar-refractivity contribution is 5.30. The van der Waals surface area contributed by atoms with Crippen LogP contribution in [0.25, 0.3) is 0 Å². The summed E-state index contributed by atoms with van der Waals surface area (Å²) < 4.78 is 5.82. The minimum absolute atomic E-state index is 0.210. The fourth-order valence-electron chi connectivity index (χ4n) is 2.94. The minimum atomic E-state index is 0.210. The van der Waals surface area contributed by atoms with Gasteiger partial charge < -0.3 is 10.1 Å². The van der Waals surface area contributed by atoms with Crippen LogP contribution in [0.3, 0.4) is 0 Å². The standard InChI is InChI=1S/C19H31NO/c1-6-13-20-17(18(21-5)15-7-8-15)14-9-11-16(12-10-14)19(2,3)4/h9-12,15,17-18,20H,6-8,13H2,1-5H3. The number of nitrogens with one attached hydrogen (secondary N) is 1. The number of methoxy groups -OCH3 is 1. The van der Waals surface area contributed by atoms with Crippen LogP contribution >= 0.6 is 0 Å². The van der Waals surface area contributed by atoms with E-state index >= 15 is 0 Å². The monoisotopic (exact) mass is 289 g/mol. The van der Waals surface area contributed by atoms with Crippen molar-refractivity contribution < 1.29 is 4.74 Å². The summed E-state index contributed by atoms with van der Waals surface area (Å²) in [6, 6.07) is 9.42. The zero-order valence-corrected chi connectivity index (χ0v) is 14.3. The van der Waals surface area contributed by atoms with Crippen LogP contribution in [0.4, 0.5) is 0 Å². The van der Waals surface area contributed by atoms with E-state index in [2.05, 4.69) is 57.3 Å². The predicted molar refractivity (Wildman–Crippen MR) is 89.7 cm³/mol. The molecule has 21 heavy (non-hydrogen) atoms. The third kappa shape index (κ3) is 4.31. The molecule has 0 saturated heterocycles. The van der Waals surface area contributed by atoms with Gasteiger partial charge in [-0.15, -0.1) is 0 Å². The molecule has 1 aliphatic rings. The normalized spacial score (nSPS) is 18.5. The summed E-state index contributed by atoms with van der Waals surface area (Å²) in [5.74, 6) is 0.728. The van der Waals surface area contributed by atoms with Crippen molar-refractivity contribution in [3.8, 4) is 0 Å². The van der Waals surface area contributed by atoms with Gasteiger partial charge in [0.15, 0.2) is 0 Å². The van der Waals surface area contributed by atoms with Crippen LogP contribution in [0.1, 0.15) is 64.1 Å². The molecular weight excluding hydrogens is 258 g/mol. The van der Waals surface area contributed by atoms with Gasteiger partial charge in [0.05, 0.1) is 12.1 Å². The summed E-state index contributed by atoms with van der Waals surface area (Å²) >= 11 is 0. The van der Waals surface area contributed by atoms with Crippen molar-refractivity contribution in [3.63, 3.8) is 0 Å². The molecule has 1 aliphatic carbocycles. The molecule has 2 unspecified atom stereocenters. The summed E-state index contributed by atoms with van der Waals surface area (Å²) in [4.78, 5) is 0. The summed E-state index contributed by atoms with van der Waals surface area (Å²) in [6.45, 7) is 10.0. The van der Waals surface area contributed by atoms with E-state index in [-0.39, 0.29) is 5.41 Å². The molecule has 2 rings (SSSR count). The Hall–Kier alpha value is -0.860. The molecule has 2 heteroatoms. The molecule has 0 radical (unpaired) electrons. The van der Waals surface area contributed by atoms with Gasteiger partial charge in [0, 0.05) is 7.11 Å². The minimum Gasteiger partial charge on any atom is -0.379 e. The summed E-state index contributed by atoms with van der Waals surface area (Å²) in [7, 11) is 1.85. The average Bonchev–Trinajstić information content (AvgIpc) is 3.27. The van der Waals surface area contributed by atoms with Crippen LogP contribution in [-0.2, 0) is 10.2 Å². The molecule has 0 aromatic heterocycles. The molecule has 2 nitrogen and oxygen atoms in total. The van der Waals surface area contributed by atoms with Gasteiger partial charge in [-0.25, -0.2) is 0 Å². The van der Waals surface area contributed by atoms with E-state index in [0.29, 0.717) is 12.1 Å². The zero-order chi connectivity index (χ0) is 15.5. The fourth-order valence-corrected chi connectivity index (χ4v) is 2.94. The van der Waals surface area contributed by atoms with Crippen molar-refractivity contribution in [1.82, 2.24) is 5.32 Å². The van der Waals surface area contributed by atoms with Gasteiger partial charge in [0.1, 0.15) is 0 Å². The van der Waals surface area contributed by atoms with Crippen molar-refractivity contribution in [2.24, 2.45) is 5.92 Å². The lowest BCUT2D eigenvalue weighted by Crippen LogP contribution is -2.35. The molecule has 1 fully saturated rings. The Morgan fingerprint density at radius 3 is 2.24 bits per heavy atom. The first kappa shape index (κ1) is 16.5. The van der Waals surface area contributed by atoms with E-state index in [1.165, 1.54) is 24.0 Å². The van der Waals surface area contributed by atoms with E-state index in [1.807, 2.05) is 7.11 Å². The highest BCUT2D eigenvalue weighted by atomic mass is 16.5. The largest absolute Gasteiger partial charge is 0.379 e. The summed E-state index contributed by atoms with van der Waals surface area (Å²) in [6.07, 6.45) is 4.07. The zero-order valence-electron chi connectivity index (χ0n) is 14.3. The average molecular weight is 289 g/mol. The molecule has 1 aromatic carbocycles. The summed E-state index contributed by atoms with van der Waals surface area (Å²) in [5, 5.41) is 3.69. The van der Waals surface area contributed by atoms with Gasteiger partial charge >= 0.3 is 0 Å². The molecule has 0 spiro atoms. The van der Waals surface area contributed by atoms with Crippen molar-refractivity contribution in [2.45, 2.75) is 64.5 Å². The SMILES string of the molecule is CCCNC(c1ccc(C(C)(C)C)cc1)C(OC)C1CC1. The van der Waals surface area contributed by atoms with Crippen LogP contribution in [0, 0.1) is 5.92 Å². The second-order valence-electron chi connectivity index (χ2n) is 7.34. The van der Waals surface area contributed by atoms with Crippen LogP contribution < -0.4 is 5.32 Å². The molecular formula is C19H31NO. The number of ether oxygens (including phenoxy) is 1. The molecule has 1 aromatic rings. The van der Waals surface area contributed by atoms with Gasteiger partial charge in [0.2, 0.25) is 0 Å². The summed E-state index contributed by atoms with van der Waals surface area (Å²) in [5.41, 5.74) is 2.96. The highest BCUT2D eigenvalue weighted by Crippen LogP contribution is 2.40. The number of hydrogen-bond donors (Lipinski definition) is 1. The van der Waals surface area contributed by atoms with E-state index in [0.717, 1.165) is 18.9 Å². The molecule has 0 heterocycles. The smallest absolute Gasteiger partial charge is 0.0794 e. The maximum absolute atomic E-state index is 5.82. The first-order chi connectivity index (χ1) is 9.97. The topological polar surface area (TPSA) is 21.3 Å². The molecule has 2 atom stereocenters. The molecule has 1 N–H and O–H groups in total. The Labute approximate surface area is 130 Å². The first-order valence-electron chi connectivity index (χ1n) is 8.34. The Balaban J connectivity index is 2.19.